The monoisotopic (exact) mass is 491 g/mol. The normalized spacial score (nSPS) is 11.4. The van der Waals surface area contributed by atoms with Crippen molar-refractivity contribution >= 4 is 27.4 Å². The van der Waals surface area contributed by atoms with E-state index in [1.165, 1.54) is 30.0 Å². The van der Waals surface area contributed by atoms with Gasteiger partial charge in [0.2, 0.25) is 0 Å². The topological polar surface area (TPSA) is 156 Å². The highest BCUT2D eigenvalue weighted by Crippen LogP contribution is 2.31. The van der Waals surface area contributed by atoms with Crippen molar-refractivity contribution in [2.75, 3.05) is 7.05 Å². The maximum Gasteiger partial charge on any atom is 0.282 e. The van der Waals surface area contributed by atoms with Gasteiger partial charge in [-0.25, -0.2) is 4.52 Å². The van der Waals surface area contributed by atoms with Crippen LogP contribution in [0.15, 0.2) is 77.1 Å². The number of non-ortho nitro benzene ring substituents is 1. The van der Waals surface area contributed by atoms with Crippen LogP contribution in [-0.2, 0) is 16.6 Å². The molecule has 0 spiro atoms. The molecule has 3 aromatic heterocycles. The van der Waals surface area contributed by atoms with E-state index in [1.807, 2.05) is 6.07 Å². The van der Waals surface area contributed by atoms with Crippen LogP contribution in [0.25, 0.3) is 5.52 Å². The number of nitro benzene ring substituents is 1. The molecule has 0 bridgehead atoms. The van der Waals surface area contributed by atoms with Crippen LogP contribution >= 0.6 is 0 Å². The maximum absolute atomic E-state index is 13.3. The van der Waals surface area contributed by atoms with Gasteiger partial charge in [-0.15, -0.1) is 0 Å². The number of ether oxygens (including phenoxy) is 1. The minimum absolute atomic E-state index is 0.0439. The minimum Gasteiger partial charge on any atom is -0.486 e. The fourth-order valence-corrected chi connectivity index (χ4v) is 4.19. The Bertz CT molecular complexity index is 1580. The molecule has 0 N–H and O–H groups in total. The van der Waals surface area contributed by atoms with Crippen molar-refractivity contribution in [1.82, 2.24) is 19.0 Å². The molecule has 13 heteroatoms. The summed E-state index contributed by atoms with van der Waals surface area (Å²) in [6.07, 6.45) is 5.90. The molecule has 35 heavy (non-hydrogen) atoms. The Labute approximate surface area is 199 Å². The Morgan fingerprint density at radius 3 is 2.83 bits per heavy atom. The molecule has 0 radical (unpaired) electrons. The third-order valence-electron chi connectivity index (χ3n) is 4.91. The van der Waals surface area contributed by atoms with E-state index in [0.717, 1.165) is 12.1 Å². The van der Waals surface area contributed by atoms with E-state index in [-0.39, 0.29) is 12.4 Å². The van der Waals surface area contributed by atoms with E-state index in [9.17, 15) is 18.5 Å². The maximum atomic E-state index is 13.3. The molecule has 0 fully saturated rings. The smallest absolute Gasteiger partial charge is 0.282 e. The molecular formula is C22H17N7O5S. The lowest BCUT2D eigenvalue weighted by molar-refractivity contribution is -0.385. The van der Waals surface area contributed by atoms with Crippen molar-refractivity contribution in [3.63, 3.8) is 0 Å². The van der Waals surface area contributed by atoms with Crippen molar-refractivity contribution in [1.29, 1.82) is 5.26 Å². The number of sulfonamides is 1. The zero-order valence-corrected chi connectivity index (χ0v) is 19.0. The predicted molar refractivity (Wildman–Crippen MR) is 124 cm³/mol. The average molecular weight is 491 g/mol. The number of rotatable bonds is 8. The Kier molecular flexibility index (Phi) is 6.38. The molecule has 3 heterocycles. The van der Waals surface area contributed by atoms with E-state index in [2.05, 4.69) is 15.2 Å². The summed E-state index contributed by atoms with van der Waals surface area (Å²) in [5, 5.41) is 28.5. The van der Waals surface area contributed by atoms with Crippen LogP contribution in [0, 0.1) is 21.4 Å². The molecule has 0 aliphatic carbocycles. The van der Waals surface area contributed by atoms with Gasteiger partial charge in [0.05, 0.1) is 40.2 Å². The van der Waals surface area contributed by atoms with Crippen LogP contribution in [0.1, 0.15) is 16.8 Å². The number of hydrogen-bond donors (Lipinski definition) is 0. The van der Waals surface area contributed by atoms with Gasteiger partial charge < -0.3 is 4.74 Å². The highest BCUT2D eigenvalue weighted by Gasteiger charge is 2.27. The van der Waals surface area contributed by atoms with Gasteiger partial charge in [-0.3, -0.25) is 15.1 Å². The summed E-state index contributed by atoms with van der Waals surface area (Å²) in [6.45, 7) is -0.0439. The van der Waals surface area contributed by atoms with Crippen LogP contribution in [0.4, 0.5) is 5.69 Å². The molecule has 0 aliphatic rings. The number of pyridine rings is 2. The first-order chi connectivity index (χ1) is 16.8. The highest BCUT2D eigenvalue weighted by atomic mass is 32.2. The SMILES string of the molecule is CN(/N=C/c1cnn2ccc(C#N)cc12)S(=O)(=O)c1cc([N+](=O)[O-])ccc1OCc1ccccn1. The summed E-state index contributed by atoms with van der Waals surface area (Å²) in [7, 11) is -3.15. The van der Waals surface area contributed by atoms with Crippen LogP contribution in [-0.4, -0.2) is 45.6 Å². The van der Waals surface area contributed by atoms with E-state index in [1.54, 1.807) is 42.7 Å². The molecule has 176 valence electrons. The largest absolute Gasteiger partial charge is 0.486 e. The number of hydrogen-bond acceptors (Lipinski definition) is 9. The summed E-state index contributed by atoms with van der Waals surface area (Å²) in [5.41, 5.74) is 1.55. The second-order valence-electron chi connectivity index (χ2n) is 7.14. The molecule has 4 rings (SSSR count). The zero-order chi connectivity index (χ0) is 25.0. The lowest BCUT2D eigenvalue weighted by Crippen LogP contribution is -2.23. The zero-order valence-electron chi connectivity index (χ0n) is 18.2. The van der Waals surface area contributed by atoms with Gasteiger partial charge in [0, 0.05) is 37.1 Å². The number of nitro groups is 1. The lowest BCUT2D eigenvalue weighted by Gasteiger charge is -2.16. The summed E-state index contributed by atoms with van der Waals surface area (Å²) in [5.74, 6) is -0.0852. The molecule has 0 unspecified atom stereocenters. The van der Waals surface area contributed by atoms with Gasteiger partial charge in [0.15, 0.2) is 0 Å². The quantitative estimate of drug-likeness (QED) is 0.207. The molecule has 4 aromatic rings. The number of nitrogens with zero attached hydrogens (tertiary/aromatic N) is 7. The highest BCUT2D eigenvalue weighted by molar-refractivity contribution is 7.89. The summed E-state index contributed by atoms with van der Waals surface area (Å²) in [6, 6.07) is 13.7. The molecular weight excluding hydrogens is 474 g/mol. The molecule has 0 saturated carbocycles. The fraction of sp³-hybridized carbons (Fsp3) is 0.0909. The van der Waals surface area contributed by atoms with Gasteiger partial charge >= 0.3 is 0 Å². The standard InChI is InChI=1S/C22H17N7O5S/c1-27(25-13-17-14-26-28-9-7-16(12-23)10-20(17)28)35(32,33)22-11-19(29(30)31)5-6-21(22)34-15-18-4-2-3-8-24-18/h2-11,13-14H,15H2,1H3/b25-13+. The van der Waals surface area contributed by atoms with E-state index >= 15 is 0 Å². The Morgan fingerprint density at radius 2 is 2.11 bits per heavy atom. The number of benzene rings is 1. The third-order valence-corrected chi connectivity index (χ3v) is 6.57. The van der Waals surface area contributed by atoms with Crippen LogP contribution in [0.3, 0.4) is 0 Å². The van der Waals surface area contributed by atoms with Crippen molar-refractivity contribution in [3.05, 3.63) is 94.1 Å². The first-order valence-electron chi connectivity index (χ1n) is 10.0. The fourth-order valence-electron chi connectivity index (χ4n) is 3.08. The molecule has 0 amide bonds. The third kappa shape index (κ3) is 4.92. The molecule has 12 nitrogen and oxygen atoms in total. The van der Waals surface area contributed by atoms with E-state index < -0.39 is 25.5 Å². The Hall–Kier alpha value is -4.83. The van der Waals surface area contributed by atoms with Crippen LogP contribution in [0.5, 0.6) is 5.75 Å². The minimum atomic E-state index is -4.34. The second-order valence-corrected chi connectivity index (χ2v) is 9.06. The molecule has 0 atom stereocenters. The number of hydrazone groups is 1. The van der Waals surface area contributed by atoms with Crippen molar-refractivity contribution in [3.8, 4) is 11.8 Å². The molecule has 1 aromatic carbocycles. The first-order valence-corrected chi connectivity index (χ1v) is 11.4. The predicted octanol–water partition coefficient (Wildman–Crippen LogP) is 2.74. The van der Waals surface area contributed by atoms with Gasteiger partial charge in [0.25, 0.3) is 15.7 Å². The Balaban J connectivity index is 1.66. The van der Waals surface area contributed by atoms with Crippen molar-refractivity contribution < 1.29 is 18.1 Å². The van der Waals surface area contributed by atoms with Gasteiger partial charge in [-0.2, -0.15) is 28.3 Å². The summed E-state index contributed by atoms with van der Waals surface area (Å²) < 4.78 is 34.4. The van der Waals surface area contributed by atoms with Gasteiger partial charge in [-0.1, -0.05) is 6.07 Å². The van der Waals surface area contributed by atoms with Crippen molar-refractivity contribution in [2.24, 2.45) is 5.10 Å². The van der Waals surface area contributed by atoms with Gasteiger partial charge in [-0.05, 0) is 30.3 Å². The number of aromatic nitrogens is 3. The van der Waals surface area contributed by atoms with Crippen molar-refractivity contribution in [2.45, 2.75) is 11.5 Å². The lowest BCUT2D eigenvalue weighted by atomic mass is 10.2. The summed E-state index contributed by atoms with van der Waals surface area (Å²) in [4.78, 5) is 14.3. The van der Waals surface area contributed by atoms with Crippen LogP contribution < -0.4 is 4.74 Å². The molecule has 0 aliphatic heterocycles. The average Bonchev–Trinajstić information content (AvgIpc) is 3.28. The number of nitriles is 1. The number of fused-ring (bicyclic) bond motifs is 1. The Morgan fingerprint density at radius 1 is 1.29 bits per heavy atom. The van der Waals surface area contributed by atoms with E-state index in [4.69, 9.17) is 10.00 Å². The first kappa shape index (κ1) is 23.3. The van der Waals surface area contributed by atoms with Crippen LogP contribution in [0.2, 0.25) is 0 Å². The van der Waals surface area contributed by atoms with Gasteiger partial charge in [0.1, 0.15) is 17.3 Å². The molecule has 0 saturated heterocycles. The van der Waals surface area contributed by atoms with E-state index in [0.29, 0.717) is 26.8 Å². The summed E-state index contributed by atoms with van der Waals surface area (Å²) >= 11 is 0. The second kappa shape index (κ2) is 9.57.